The van der Waals surface area contributed by atoms with Gasteiger partial charge in [0.1, 0.15) is 11.6 Å². The van der Waals surface area contributed by atoms with Crippen LogP contribution < -0.4 is 5.32 Å². The van der Waals surface area contributed by atoms with Gasteiger partial charge in [0.2, 0.25) is 0 Å². The van der Waals surface area contributed by atoms with Crippen molar-refractivity contribution in [2.45, 2.75) is 33.7 Å². The van der Waals surface area contributed by atoms with E-state index < -0.39 is 0 Å². The van der Waals surface area contributed by atoms with E-state index in [1.165, 1.54) is 12.1 Å². The van der Waals surface area contributed by atoms with Gasteiger partial charge in [0.25, 0.3) is 0 Å². The van der Waals surface area contributed by atoms with Gasteiger partial charge in [-0.1, -0.05) is 25.1 Å². The molecule has 2 aromatic rings. The molecule has 0 spiro atoms. The van der Waals surface area contributed by atoms with Crippen molar-refractivity contribution >= 4 is 0 Å². The van der Waals surface area contributed by atoms with E-state index in [9.17, 15) is 8.78 Å². The maximum absolute atomic E-state index is 14.1. The molecule has 0 radical (unpaired) electrons. The van der Waals surface area contributed by atoms with Gasteiger partial charge in [-0.3, -0.25) is 0 Å². The highest BCUT2D eigenvalue weighted by atomic mass is 19.1. The number of rotatable bonds is 5. The third-order valence-electron chi connectivity index (χ3n) is 3.52. The van der Waals surface area contributed by atoms with E-state index in [4.69, 9.17) is 0 Å². The van der Waals surface area contributed by atoms with Crippen LogP contribution >= 0.6 is 0 Å². The molecule has 112 valence electrons. The van der Waals surface area contributed by atoms with Crippen LogP contribution in [0.1, 0.15) is 30.0 Å². The number of aryl methyl sites for hydroxylation is 2. The van der Waals surface area contributed by atoms with Crippen molar-refractivity contribution in [3.05, 3.63) is 58.7 Å². The van der Waals surface area contributed by atoms with Gasteiger partial charge in [-0.05, 0) is 55.6 Å². The summed E-state index contributed by atoms with van der Waals surface area (Å²) in [6.07, 6.45) is 1.01. The zero-order valence-corrected chi connectivity index (χ0v) is 12.8. The van der Waals surface area contributed by atoms with Crippen molar-refractivity contribution in [3.8, 4) is 11.1 Å². The first-order valence-electron chi connectivity index (χ1n) is 7.29. The minimum absolute atomic E-state index is 0.296. The van der Waals surface area contributed by atoms with Crippen LogP contribution in [0.5, 0.6) is 0 Å². The molecular formula is C18H21F2N. The normalized spacial score (nSPS) is 10.9. The second-order valence-electron chi connectivity index (χ2n) is 5.42. The standard InChI is InChI=1S/C18H21F2N/c1-4-7-21-11-15-6-5-14(10-16(15)19)18-13(3)8-12(2)9-17(18)20/h5-6,8-10,21H,4,7,11H2,1-3H3. The van der Waals surface area contributed by atoms with E-state index in [0.717, 1.165) is 24.1 Å². The predicted octanol–water partition coefficient (Wildman–Crippen LogP) is 4.75. The Morgan fingerprint density at radius 3 is 2.38 bits per heavy atom. The fourth-order valence-electron chi connectivity index (χ4n) is 2.53. The number of hydrogen-bond donors (Lipinski definition) is 1. The summed E-state index contributed by atoms with van der Waals surface area (Å²) < 4.78 is 28.3. The maximum atomic E-state index is 14.1. The molecule has 0 aromatic heterocycles. The number of hydrogen-bond acceptors (Lipinski definition) is 1. The van der Waals surface area contributed by atoms with Crippen molar-refractivity contribution < 1.29 is 8.78 Å². The molecule has 2 rings (SSSR count). The summed E-state index contributed by atoms with van der Waals surface area (Å²) in [6, 6.07) is 8.33. The van der Waals surface area contributed by atoms with E-state index in [-0.39, 0.29) is 11.6 Å². The first-order chi connectivity index (χ1) is 10.0. The molecule has 0 unspecified atom stereocenters. The van der Waals surface area contributed by atoms with Crippen LogP contribution in [-0.4, -0.2) is 6.54 Å². The number of nitrogens with one attached hydrogen (secondary N) is 1. The Hall–Kier alpha value is -1.74. The van der Waals surface area contributed by atoms with E-state index in [2.05, 4.69) is 12.2 Å². The maximum Gasteiger partial charge on any atom is 0.131 e. The van der Waals surface area contributed by atoms with Crippen molar-refractivity contribution in [3.63, 3.8) is 0 Å². The van der Waals surface area contributed by atoms with Crippen LogP contribution in [0.25, 0.3) is 11.1 Å². The van der Waals surface area contributed by atoms with Crippen LogP contribution in [-0.2, 0) is 6.54 Å². The fourth-order valence-corrected chi connectivity index (χ4v) is 2.53. The molecule has 21 heavy (non-hydrogen) atoms. The largest absolute Gasteiger partial charge is 0.313 e. The SMILES string of the molecule is CCCNCc1ccc(-c2c(C)cc(C)cc2F)cc1F. The summed E-state index contributed by atoms with van der Waals surface area (Å²) in [5, 5.41) is 3.17. The minimum Gasteiger partial charge on any atom is -0.313 e. The molecule has 0 fully saturated rings. The van der Waals surface area contributed by atoms with Crippen molar-refractivity contribution in [2.24, 2.45) is 0 Å². The van der Waals surface area contributed by atoms with Gasteiger partial charge in [0.15, 0.2) is 0 Å². The molecular weight excluding hydrogens is 268 g/mol. The van der Waals surface area contributed by atoms with E-state index >= 15 is 0 Å². The lowest BCUT2D eigenvalue weighted by Gasteiger charge is -2.11. The van der Waals surface area contributed by atoms with E-state index in [1.54, 1.807) is 12.1 Å². The van der Waals surface area contributed by atoms with E-state index in [1.807, 2.05) is 19.9 Å². The topological polar surface area (TPSA) is 12.0 Å². The van der Waals surface area contributed by atoms with Crippen LogP contribution in [0.3, 0.4) is 0 Å². The van der Waals surface area contributed by atoms with Gasteiger partial charge >= 0.3 is 0 Å². The Morgan fingerprint density at radius 2 is 1.76 bits per heavy atom. The zero-order chi connectivity index (χ0) is 15.4. The van der Waals surface area contributed by atoms with Crippen molar-refractivity contribution in [2.75, 3.05) is 6.54 Å². The average molecular weight is 289 g/mol. The highest BCUT2D eigenvalue weighted by molar-refractivity contribution is 5.68. The Morgan fingerprint density at radius 1 is 1.00 bits per heavy atom. The molecule has 0 heterocycles. The van der Waals surface area contributed by atoms with Crippen molar-refractivity contribution in [1.82, 2.24) is 5.32 Å². The van der Waals surface area contributed by atoms with Crippen LogP contribution in [0.2, 0.25) is 0 Å². The zero-order valence-electron chi connectivity index (χ0n) is 12.8. The summed E-state index contributed by atoms with van der Waals surface area (Å²) >= 11 is 0. The molecule has 3 heteroatoms. The first-order valence-corrected chi connectivity index (χ1v) is 7.29. The summed E-state index contributed by atoms with van der Waals surface area (Å²) in [7, 11) is 0. The molecule has 0 amide bonds. The van der Waals surface area contributed by atoms with Gasteiger partial charge in [-0.2, -0.15) is 0 Å². The lowest BCUT2D eigenvalue weighted by Crippen LogP contribution is -2.14. The van der Waals surface area contributed by atoms with Gasteiger partial charge in [0, 0.05) is 17.7 Å². The molecule has 2 aromatic carbocycles. The van der Waals surface area contributed by atoms with Gasteiger partial charge < -0.3 is 5.32 Å². The fraction of sp³-hybridized carbons (Fsp3) is 0.333. The van der Waals surface area contributed by atoms with Gasteiger partial charge in [0.05, 0.1) is 0 Å². The minimum atomic E-state index is -0.302. The molecule has 0 bridgehead atoms. The summed E-state index contributed by atoms with van der Waals surface area (Å²) in [5.41, 5.74) is 3.37. The van der Waals surface area contributed by atoms with Gasteiger partial charge in [-0.25, -0.2) is 8.78 Å². The van der Waals surface area contributed by atoms with Crippen LogP contribution in [0, 0.1) is 25.5 Å². The number of halogens is 2. The Bertz CT molecular complexity index is 612. The molecule has 0 aliphatic heterocycles. The molecule has 0 aliphatic rings. The molecule has 0 atom stereocenters. The monoisotopic (exact) mass is 289 g/mol. The smallest absolute Gasteiger partial charge is 0.131 e. The third kappa shape index (κ3) is 3.67. The van der Waals surface area contributed by atoms with Gasteiger partial charge in [-0.15, -0.1) is 0 Å². The Labute approximate surface area is 125 Å². The molecule has 0 saturated carbocycles. The summed E-state index contributed by atoms with van der Waals surface area (Å²) in [4.78, 5) is 0. The Kier molecular flexibility index (Phi) is 5.07. The summed E-state index contributed by atoms with van der Waals surface area (Å²) in [6.45, 7) is 7.11. The van der Waals surface area contributed by atoms with Crippen LogP contribution in [0.15, 0.2) is 30.3 Å². The Balaban J connectivity index is 2.32. The van der Waals surface area contributed by atoms with Crippen molar-refractivity contribution in [1.29, 1.82) is 0 Å². The average Bonchev–Trinajstić information content (AvgIpc) is 2.40. The quantitative estimate of drug-likeness (QED) is 0.783. The lowest BCUT2D eigenvalue weighted by molar-refractivity contribution is 0.586. The highest BCUT2D eigenvalue weighted by Gasteiger charge is 2.12. The number of benzene rings is 2. The van der Waals surface area contributed by atoms with Crippen LogP contribution in [0.4, 0.5) is 8.78 Å². The third-order valence-corrected chi connectivity index (χ3v) is 3.52. The lowest BCUT2D eigenvalue weighted by atomic mass is 9.97. The molecule has 0 saturated heterocycles. The first kappa shape index (κ1) is 15.6. The highest BCUT2D eigenvalue weighted by Crippen LogP contribution is 2.29. The molecule has 0 aliphatic carbocycles. The van der Waals surface area contributed by atoms with E-state index in [0.29, 0.717) is 23.2 Å². The molecule has 1 N–H and O–H groups in total. The molecule has 1 nitrogen and oxygen atoms in total. The predicted molar refractivity (Wildman–Crippen MR) is 83.3 cm³/mol. The second kappa shape index (κ2) is 6.81. The summed E-state index contributed by atoms with van der Waals surface area (Å²) in [5.74, 6) is -0.598. The second-order valence-corrected chi connectivity index (χ2v) is 5.42.